The van der Waals surface area contributed by atoms with Crippen LogP contribution in [0.1, 0.15) is 46.3 Å². The number of nitrogens with one attached hydrogen (secondary N) is 2. The van der Waals surface area contributed by atoms with E-state index in [0.29, 0.717) is 50.5 Å². The Kier molecular flexibility index (Phi) is 4.88. The largest absolute Gasteiger partial charge is 0.496 e. The maximum atomic E-state index is 12.6. The summed E-state index contributed by atoms with van der Waals surface area (Å²) in [5.74, 6) is 1.41. The zero-order chi connectivity index (χ0) is 18.9. The number of amides is 1. The van der Waals surface area contributed by atoms with Gasteiger partial charge in [0.05, 0.1) is 19.1 Å². The van der Waals surface area contributed by atoms with Crippen molar-refractivity contribution < 1.29 is 19.4 Å². The average molecular weight is 371 g/mol. The Bertz CT molecular complexity index is 826. The van der Waals surface area contributed by atoms with Crippen molar-refractivity contribution in [2.45, 2.75) is 30.6 Å². The van der Waals surface area contributed by atoms with Crippen molar-refractivity contribution in [1.29, 1.82) is 0 Å². The zero-order valence-corrected chi connectivity index (χ0v) is 15.5. The van der Waals surface area contributed by atoms with Crippen LogP contribution < -0.4 is 10.1 Å². The molecule has 1 atom stereocenters. The van der Waals surface area contributed by atoms with E-state index in [9.17, 15) is 9.90 Å². The molecule has 7 nitrogen and oxygen atoms in total. The van der Waals surface area contributed by atoms with E-state index in [1.807, 2.05) is 24.3 Å². The number of aliphatic hydroxyl groups excluding tert-OH is 1. The highest BCUT2D eigenvalue weighted by Gasteiger charge is 2.39. The van der Waals surface area contributed by atoms with Gasteiger partial charge >= 0.3 is 0 Å². The number of imidazole rings is 1. The molecule has 144 valence electrons. The predicted octanol–water partition coefficient (Wildman–Crippen LogP) is 1.53. The van der Waals surface area contributed by atoms with Crippen molar-refractivity contribution in [3.8, 4) is 5.75 Å². The number of rotatable bonds is 4. The Morgan fingerprint density at radius 1 is 1.33 bits per heavy atom. The lowest BCUT2D eigenvalue weighted by Crippen LogP contribution is -2.38. The highest BCUT2D eigenvalue weighted by atomic mass is 16.5. The van der Waals surface area contributed by atoms with Gasteiger partial charge < -0.3 is 24.9 Å². The molecule has 27 heavy (non-hydrogen) atoms. The van der Waals surface area contributed by atoms with E-state index in [1.165, 1.54) is 0 Å². The van der Waals surface area contributed by atoms with Crippen molar-refractivity contribution in [2.24, 2.45) is 0 Å². The van der Waals surface area contributed by atoms with Crippen LogP contribution >= 0.6 is 0 Å². The van der Waals surface area contributed by atoms with Crippen LogP contribution in [0.4, 0.5) is 0 Å². The molecule has 2 aliphatic rings. The van der Waals surface area contributed by atoms with Gasteiger partial charge in [-0.25, -0.2) is 4.98 Å². The molecule has 2 aromatic rings. The number of H-pyrrole nitrogens is 1. The number of para-hydroxylation sites is 1. The second kappa shape index (κ2) is 7.32. The number of ether oxygens (including phenoxy) is 2. The number of aromatic nitrogens is 2. The van der Waals surface area contributed by atoms with Crippen LogP contribution in [-0.4, -0.2) is 54.5 Å². The molecule has 0 aliphatic carbocycles. The molecule has 1 fully saturated rings. The molecular formula is C20H25N3O4. The van der Waals surface area contributed by atoms with Gasteiger partial charge in [0.25, 0.3) is 5.91 Å². The number of aromatic amines is 1. The second-order valence-corrected chi connectivity index (χ2v) is 7.32. The summed E-state index contributed by atoms with van der Waals surface area (Å²) in [4.78, 5) is 20.6. The molecule has 2 aliphatic heterocycles. The molecule has 0 spiro atoms. The van der Waals surface area contributed by atoms with Gasteiger partial charge in [-0.15, -0.1) is 0 Å². The van der Waals surface area contributed by atoms with E-state index >= 15 is 0 Å². The lowest BCUT2D eigenvalue weighted by molar-refractivity contribution is 0.0219. The molecule has 3 N–H and O–H groups in total. The molecule has 1 aromatic carbocycles. The van der Waals surface area contributed by atoms with E-state index in [2.05, 4.69) is 15.3 Å². The van der Waals surface area contributed by atoms with Crippen molar-refractivity contribution in [1.82, 2.24) is 15.3 Å². The summed E-state index contributed by atoms with van der Waals surface area (Å²) in [7, 11) is 1.66. The Morgan fingerprint density at radius 2 is 2.11 bits per heavy atom. The summed E-state index contributed by atoms with van der Waals surface area (Å²) in [6.45, 7) is 1.68. The molecule has 7 heteroatoms. The van der Waals surface area contributed by atoms with E-state index < -0.39 is 5.41 Å². The molecular weight excluding hydrogens is 346 g/mol. The van der Waals surface area contributed by atoms with Crippen molar-refractivity contribution in [3.63, 3.8) is 0 Å². The van der Waals surface area contributed by atoms with E-state index in [0.717, 1.165) is 17.0 Å². The van der Waals surface area contributed by atoms with Gasteiger partial charge in [0.1, 0.15) is 17.3 Å². The van der Waals surface area contributed by atoms with E-state index in [1.54, 1.807) is 7.11 Å². The van der Waals surface area contributed by atoms with E-state index in [-0.39, 0.29) is 18.4 Å². The molecule has 1 aromatic heterocycles. The number of fused-ring (bicyclic) bond motifs is 1. The molecule has 0 saturated carbocycles. The van der Waals surface area contributed by atoms with Gasteiger partial charge in [0.15, 0.2) is 0 Å². The molecule has 0 bridgehead atoms. The monoisotopic (exact) mass is 371 g/mol. The van der Waals surface area contributed by atoms with Gasteiger partial charge in [-0.05, 0) is 30.9 Å². The quantitative estimate of drug-likeness (QED) is 0.757. The first-order valence-corrected chi connectivity index (χ1v) is 9.36. The maximum absolute atomic E-state index is 12.6. The van der Waals surface area contributed by atoms with Crippen LogP contribution in [0, 0.1) is 0 Å². The summed E-state index contributed by atoms with van der Waals surface area (Å²) in [5, 5.41) is 13.0. The Morgan fingerprint density at radius 3 is 2.85 bits per heavy atom. The predicted molar refractivity (Wildman–Crippen MR) is 99.2 cm³/mol. The number of hydrogen-bond acceptors (Lipinski definition) is 5. The average Bonchev–Trinajstić information content (AvgIpc) is 3.09. The van der Waals surface area contributed by atoms with Crippen molar-refractivity contribution in [3.05, 3.63) is 47.0 Å². The molecule has 1 saturated heterocycles. The van der Waals surface area contributed by atoms with E-state index in [4.69, 9.17) is 9.47 Å². The second-order valence-electron chi connectivity index (χ2n) is 7.32. The van der Waals surface area contributed by atoms with Crippen LogP contribution in [-0.2, 0) is 16.6 Å². The normalized spacial score (nSPS) is 21.9. The van der Waals surface area contributed by atoms with Gasteiger partial charge in [-0.1, -0.05) is 18.2 Å². The third-order valence-electron chi connectivity index (χ3n) is 5.79. The number of carbonyl (C=O) groups excluding carboxylic acids is 1. The van der Waals surface area contributed by atoms with Gasteiger partial charge in [-0.2, -0.15) is 0 Å². The fourth-order valence-corrected chi connectivity index (χ4v) is 4.07. The van der Waals surface area contributed by atoms with Gasteiger partial charge in [-0.3, -0.25) is 4.79 Å². The number of benzene rings is 1. The fourth-order valence-electron chi connectivity index (χ4n) is 4.07. The van der Waals surface area contributed by atoms with Gasteiger partial charge in [0.2, 0.25) is 0 Å². The molecule has 1 amide bonds. The molecule has 3 heterocycles. The summed E-state index contributed by atoms with van der Waals surface area (Å²) in [5.41, 5.74) is 1.84. The standard InChI is InChI=1S/C20H25N3O4/c1-26-16-5-3-2-4-14(16)13-10-15-17(18(25)21-11-13)23-19(22-15)20(12-24)6-8-27-9-7-20/h2-5,13,24H,6-12H2,1H3,(H,21,25)(H,22,23). The molecule has 1 unspecified atom stereocenters. The van der Waals surface area contributed by atoms with Crippen LogP contribution in [0.2, 0.25) is 0 Å². The van der Waals surface area contributed by atoms with Crippen LogP contribution in [0.25, 0.3) is 0 Å². The fraction of sp³-hybridized carbons (Fsp3) is 0.500. The van der Waals surface area contributed by atoms with Crippen LogP contribution in [0.15, 0.2) is 24.3 Å². The number of carbonyl (C=O) groups is 1. The third-order valence-corrected chi connectivity index (χ3v) is 5.79. The van der Waals surface area contributed by atoms with Crippen LogP contribution in [0.3, 0.4) is 0 Å². The minimum atomic E-state index is -0.468. The van der Waals surface area contributed by atoms with Crippen molar-refractivity contribution in [2.75, 3.05) is 33.5 Å². The summed E-state index contributed by atoms with van der Waals surface area (Å²) >= 11 is 0. The highest BCUT2D eigenvalue weighted by Crippen LogP contribution is 2.35. The molecule has 4 rings (SSSR count). The molecule has 0 radical (unpaired) electrons. The first kappa shape index (κ1) is 18.0. The number of aliphatic hydroxyl groups is 1. The SMILES string of the molecule is COc1ccccc1C1CNC(=O)c2nc(C3(CO)CCOCC3)[nH]c2C1. The lowest BCUT2D eigenvalue weighted by Gasteiger charge is -2.33. The minimum absolute atomic E-state index is 0.0136. The lowest BCUT2D eigenvalue weighted by atomic mass is 9.80. The summed E-state index contributed by atoms with van der Waals surface area (Å²) in [6.07, 6.45) is 2.03. The Balaban J connectivity index is 1.69. The first-order valence-electron chi connectivity index (χ1n) is 9.36. The minimum Gasteiger partial charge on any atom is -0.496 e. The number of hydrogen-bond donors (Lipinski definition) is 3. The third kappa shape index (κ3) is 3.21. The summed E-state index contributed by atoms with van der Waals surface area (Å²) < 4.78 is 10.9. The van der Waals surface area contributed by atoms with Crippen LogP contribution in [0.5, 0.6) is 5.75 Å². The summed E-state index contributed by atoms with van der Waals surface area (Å²) in [6, 6.07) is 7.88. The van der Waals surface area contributed by atoms with Crippen molar-refractivity contribution >= 4 is 5.91 Å². The number of nitrogens with zero attached hydrogens (tertiary/aromatic N) is 1. The number of methoxy groups -OCH3 is 1. The smallest absolute Gasteiger partial charge is 0.271 e. The topological polar surface area (TPSA) is 96.5 Å². The Hall–Kier alpha value is -2.38. The van der Waals surface area contributed by atoms with Gasteiger partial charge in [0, 0.05) is 31.4 Å². The zero-order valence-electron chi connectivity index (χ0n) is 15.5. The first-order chi connectivity index (χ1) is 13.2. The maximum Gasteiger partial charge on any atom is 0.271 e. The highest BCUT2D eigenvalue weighted by molar-refractivity contribution is 5.94. The Labute approximate surface area is 158 Å².